The molecule has 1 aliphatic heterocycles. The van der Waals surface area contributed by atoms with Gasteiger partial charge in [-0.15, -0.1) is 0 Å². The fourth-order valence-electron chi connectivity index (χ4n) is 3.35. The number of benzene rings is 1. The number of rotatable bonds is 6. The van der Waals surface area contributed by atoms with Gasteiger partial charge in [-0.3, -0.25) is 0 Å². The van der Waals surface area contributed by atoms with Gasteiger partial charge in [0.1, 0.15) is 11.8 Å². The zero-order valence-corrected chi connectivity index (χ0v) is 16.7. The quantitative estimate of drug-likeness (QED) is 0.787. The van der Waals surface area contributed by atoms with Crippen molar-refractivity contribution in [2.24, 2.45) is 5.92 Å². The van der Waals surface area contributed by atoms with E-state index >= 15 is 0 Å². The topological polar surface area (TPSA) is 108 Å². The maximum Gasteiger partial charge on any atom is 0.240 e. The van der Waals surface area contributed by atoms with Crippen molar-refractivity contribution in [1.82, 2.24) is 14.7 Å². The number of nitriles is 1. The summed E-state index contributed by atoms with van der Waals surface area (Å²) >= 11 is 0. The van der Waals surface area contributed by atoms with Gasteiger partial charge in [0, 0.05) is 32.0 Å². The molecule has 0 radical (unpaired) electrons. The van der Waals surface area contributed by atoms with Crippen molar-refractivity contribution in [3.63, 3.8) is 0 Å². The van der Waals surface area contributed by atoms with Gasteiger partial charge in [-0.25, -0.2) is 23.1 Å². The predicted molar refractivity (Wildman–Crippen MR) is 105 cm³/mol. The molecule has 0 spiro atoms. The highest BCUT2D eigenvalue weighted by molar-refractivity contribution is 7.89. The van der Waals surface area contributed by atoms with Gasteiger partial charge in [-0.05, 0) is 49.4 Å². The van der Waals surface area contributed by atoms with E-state index in [0.717, 1.165) is 12.8 Å². The lowest BCUT2D eigenvalue weighted by Crippen LogP contribution is -2.39. The monoisotopic (exact) mass is 401 g/mol. The minimum absolute atomic E-state index is 0.229. The number of aromatic nitrogens is 2. The Morgan fingerprint density at radius 1 is 1.29 bits per heavy atom. The summed E-state index contributed by atoms with van der Waals surface area (Å²) < 4.78 is 33.2. The lowest BCUT2D eigenvalue weighted by Gasteiger charge is -2.32. The second-order valence-corrected chi connectivity index (χ2v) is 8.49. The van der Waals surface area contributed by atoms with E-state index in [-0.39, 0.29) is 10.8 Å². The van der Waals surface area contributed by atoms with Crippen molar-refractivity contribution in [2.75, 3.05) is 31.6 Å². The van der Waals surface area contributed by atoms with Crippen LogP contribution in [0.15, 0.2) is 35.5 Å². The Labute approximate surface area is 165 Å². The van der Waals surface area contributed by atoms with Crippen LogP contribution >= 0.6 is 0 Å². The Morgan fingerprint density at radius 3 is 2.64 bits per heavy atom. The third-order valence-electron chi connectivity index (χ3n) is 4.93. The Bertz CT molecular complexity index is 979. The fourth-order valence-corrected chi connectivity index (χ4v) is 4.69. The molecule has 0 atom stereocenters. The molecule has 0 bridgehead atoms. The third kappa shape index (κ3) is 4.40. The number of ether oxygens (including phenoxy) is 1. The molecule has 1 aromatic heterocycles. The summed E-state index contributed by atoms with van der Waals surface area (Å²) in [5.41, 5.74) is 0.963. The first-order valence-electron chi connectivity index (χ1n) is 9.05. The normalized spacial score (nSPS) is 15.2. The van der Waals surface area contributed by atoms with E-state index in [1.54, 1.807) is 38.4 Å². The van der Waals surface area contributed by atoms with Crippen LogP contribution in [0, 0.1) is 24.2 Å². The van der Waals surface area contributed by atoms with Crippen LogP contribution in [0.2, 0.25) is 0 Å². The smallest absolute Gasteiger partial charge is 0.240 e. The largest absolute Gasteiger partial charge is 0.497 e. The van der Waals surface area contributed by atoms with Gasteiger partial charge < -0.3 is 9.64 Å². The number of hydrogen-bond donors (Lipinski definition) is 1. The van der Waals surface area contributed by atoms with Crippen LogP contribution in [0.3, 0.4) is 0 Å². The summed E-state index contributed by atoms with van der Waals surface area (Å²) in [6.45, 7) is 3.55. The van der Waals surface area contributed by atoms with E-state index in [0.29, 0.717) is 42.5 Å². The zero-order chi connectivity index (χ0) is 20.1. The van der Waals surface area contributed by atoms with Gasteiger partial charge in [0.2, 0.25) is 10.0 Å². The van der Waals surface area contributed by atoms with E-state index in [2.05, 4.69) is 20.8 Å². The van der Waals surface area contributed by atoms with Gasteiger partial charge in [0.15, 0.2) is 11.5 Å². The van der Waals surface area contributed by atoms with Gasteiger partial charge in [-0.2, -0.15) is 5.26 Å². The standard InChI is InChI=1S/C19H23N5O3S/c1-14-11-16(27-2)3-4-18(14)28(25,26)23-13-15-5-9-24(10-6-15)19-17(12-20)21-7-8-22-19/h3-4,7-8,11,15,23H,5-6,9-10,13H2,1-2H3. The minimum Gasteiger partial charge on any atom is -0.497 e. The van der Waals surface area contributed by atoms with Gasteiger partial charge in [0.05, 0.1) is 12.0 Å². The Balaban J connectivity index is 1.59. The molecule has 1 N–H and O–H groups in total. The highest BCUT2D eigenvalue weighted by atomic mass is 32.2. The van der Waals surface area contributed by atoms with Crippen molar-refractivity contribution < 1.29 is 13.2 Å². The number of methoxy groups -OCH3 is 1. The molecule has 1 aromatic carbocycles. The molecule has 1 fully saturated rings. The number of piperidine rings is 1. The van der Waals surface area contributed by atoms with Crippen LogP contribution < -0.4 is 14.4 Å². The van der Waals surface area contributed by atoms with Crippen molar-refractivity contribution in [1.29, 1.82) is 5.26 Å². The molecule has 0 aliphatic carbocycles. The highest BCUT2D eigenvalue weighted by Crippen LogP contribution is 2.24. The average molecular weight is 401 g/mol. The lowest BCUT2D eigenvalue weighted by atomic mass is 9.97. The van der Waals surface area contributed by atoms with E-state index in [1.165, 1.54) is 6.20 Å². The molecular weight excluding hydrogens is 378 g/mol. The minimum atomic E-state index is -3.58. The molecule has 0 unspecified atom stereocenters. The van der Waals surface area contributed by atoms with Crippen LogP contribution in [0.25, 0.3) is 0 Å². The van der Waals surface area contributed by atoms with Crippen molar-refractivity contribution in [3.05, 3.63) is 41.9 Å². The zero-order valence-electron chi connectivity index (χ0n) is 15.9. The van der Waals surface area contributed by atoms with Gasteiger partial charge in [-0.1, -0.05) is 0 Å². The summed E-state index contributed by atoms with van der Waals surface area (Å²) in [6.07, 6.45) is 4.70. The van der Waals surface area contributed by atoms with E-state index in [1.807, 2.05) is 4.90 Å². The molecule has 28 heavy (non-hydrogen) atoms. The molecule has 3 rings (SSSR count). The lowest BCUT2D eigenvalue weighted by molar-refractivity contribution is 0.400. The maximum atomic E-state index is 12.6. The van der Waals surface area contributed by atoms with E-state index in [4.69, 9.17) is 4.74 Å². The number of hydrogen-bond acceptors (Lipinski definition) is 7. The van der Waals surface area contributed by atoms with Crippen molar-refractivity contribution in [3.8, 4) is 11.8 Å². The van der Waals surface area contributed by atoms with Crippen LogP contribution in [0.5, 0.6) is 5.75 Å². The third-order valence-corrected chi connectivity index (χ3v) is 6.52. The van der Waals surface area contributed by atoms with Crippen LogP contribution in [-0.4, -0.2) is 45.1 Å². The molecular formula is C19H23N5O3S. The number of anilines is 1. The average Bonchev–Trinajstić information content (AvgIpc) is 2.72. The highest BCUT2D eigenvalue weighted by Gasteiger charge is 2.24. The molecule has 2 heterocycles. The number of aryl methyl sites for hydroxylation is 1. The first kappa shape index (κ1) is 20.0. The molecule has 0 amide bonds. The number of nitrogens with zero attached hydrogens (tertiary/aromatic N) is 4. The van der Waals surface area contributed by atoms with Crippen molar-refractivity contribution in [2.45, 2.75) is 24.7 Å². The maximum absolute atomic E-state index is 12.6. The fraction of sp³-hybridized carbons (Fsp3) is 0.421. The van der Waals surface area contributed by atoms with Crippen molar-refractivity contribution >= 4 is 15.8 Å². The summed E-state index contributed by atoms with van der Waals surface area (Å²) in [4.78, 5) is 10.6. The van der Waals surface area contributed by atoms with E-state index in [9.17, 15) is 13.7 Å². The molecule has 1 aliphatic rings. The Morgan fingerprint density at radius 2 is 2.00 bits per heavy atom. The molecule has 148 valence electrons. The Hall–Kier alpha value is -2.70. The van der Waals surface area contributed by atoms with E-state index < -0.39 is 10.0 Å². The molecule has 0 saturated carbocycles. The predicted octanol–water partition coefficient (Wildman–Crippen LogP) is 1.86. The Kier molecular flexibility index (Phi) is 6.11. The SMILES string of the molecule is COc1ccc(S(=O)(=O)NCC2CCN(c3nccnc3C#N)CC2)c(C)c1. The molecule has 2 aromatic rings. The van der Waals surface area contributed by atoms with Gasteiger partial charge >= 0.3 is 0 Å². The first-order valence-corrected chi connectivity index (χ1v) is 10.5. The number of sulfonamides is 1. The van der Waals surface area contributed by atoms with Gasteiger partial charge in [0.25, 0.3) is 0 Å². The molecule has 9 heteroatoms. The second kappa shape index (κ2) is 8.54. The first-order chi connectivity index (χ1) is 13.4. The van der Waals surface area contributed by atoms with Crippen LogP contribution in [0.4, 0.5) is 5.82 Å². The molecule has 8 nitrogen and oxygen atoms in total. The number of nitrogens with one attached hydrogen (secondary N) is 1. The van der Waals surface area contributed by atoms with Crippen LogP contribution in [0.1, 0.15) is 24.1 Å². The summed E-state index contributed by atoms with van der Waals surface area (Å²) in [5, 5.41) is 9.17. The summed E-state index contributed by atoms with van der Waals surface area (Å²) in [7, 11) is -2.03. The second-order valence-electron chi connectivity index (χ2n) is 6.75. The van der Waals surface area contributed by atoms with Crippen LogP contribution in [-0.2, 0) is 10.0 Å². The summed E-state index contributed by atoms with van der Waals surface area (Å²) in [5.74, 6) is 1.45. The summed E-state index contributed by atoms with van der Waals surface area (Å²) in [6, 6.07) is 6.99. The molecule has 1 saturated heterocycles.